The van der Waals surface area contributed by atoms with E-state index in [9.17, 15) is 43.5 Å². The van der Waals surface area contributed by atoms with E-state index < -0.39 is 82.6 Å². The highest BCUT2D eigenvalue weighted by Gasteiger charge is 2.38. The van der Waals surface area contributed by atoms with Gasteiger partial charge in [-0.3, -0.25) is 32.8 Å². The van der Waals surface area contributed by atoms with Gasteiger partial charge in [0, 0.05) is 24.6 Å². The summed E-state index contributed by atoms with van der Waals surface area (Å²) in [4.78, 5) is 60.9. The molecule has 34 heavy (non-hydrogen) atoms. The Bertz CT molecular complexity index is 1120. The molecule has 2 aliphatic rings. The van der Waals surface area contributed by atoms with Crippen molar-refractivity contribution < 1.29 is 56.8 Å². The monoisotopic (exact) mass is 528 g/mol. The first-order valence-corrected chi connectivity index (χ1v) is 12.8. The van der Waals surface area contributed by atoms with Crippen molar-refractivity contribution in [2.24, 2.45) is 0 Å². The Labute approximate surface area is 191 Å². The molecule has 0 amide bonds. The number of hydrogen-bond donors (Lipinski definition) is 3. The molecule has 2 aliphatic heterocycles. The fourth-order valence-electron chi connectivity index (χ4n) is 3.30. The Kier molecular flexibility index (Phi) is 8.12. The Balaban J connectivity index is 1.57. The average molecular weight is 528 g/mol. The van der Waals surface area contributed by atoms with Gasteiger partial charge in [0.15, 0.2) is 12.1 Å². The summed E-state index contributed by atoms with van der Waals surface area (Å²) in [5.74, 6) is -0.702. The summed E-state index contributed by atoms with van der Waals surface area (Å²) < 4.78 is 48.1. The molecule has 3 heterocycles. The van der Waals surface area contributed by atoms with Crippen LogP contribution in [0.5, 0.6) is 0 Å². The molecule has 0 aromatic carbocycles. The van der Waals surface area contributed by atoms with Crippen LogP contribution in [0.3, 0.4) is 0 Å². The fourth-order valence-corrected chi connectivity index (χ4v) is 5.37. The number of nitrogens with one attached hydrogen (secondary N) is 1. The Morgan fingerprint density at radius 1 is 1.18 bits per heavy atom. The molecule has 1 aromatic rings. The fraction of sp³-hybridized carbons (Fsp3) is 0.688. The van der Waals surface area contributed by atoms with Gasteiger partial charge in [-0.15, -0.1) is 0 Å². The lowest BCUT2D eigenvalue weighted by Gasteiger charge is -2.36. The second kappa shape index (κ2) is 10.2. The topological polar surface area (TPSA) is 239 Å². The molecule has 0 spiro atoms. The van der Waals surface area contributed by atoms with E-state index in [-0.39, 0.29) is 12.0 Å². The number of ether oxygens (including phenoxy) is 2. The molecule has 16 nitrogen and oxygen atoms in total. The van der Waals surface area contributed by atoms with Crippen LogP contribution in [0.2, 0.25) is 0 Å². The van der Waals surface area contributed by atoms with Gasteiger partial charge in [-0.1, -0.05) is 0 Å². The second-order valence-electron chi connectivity index (χ2n) is 7.65. The van der Waals surface area contributed by atoms with Crippen molar-refractivity contribution in [1.29, 1.82) is 0 Å². The van der Waals surface area contributed by atoms with E-state index in [0.717, 1.165) is 4.57 Å². The molecule has 0 saturated carbocycles. The second-order valence-corrected chi connectivity index (χ2v) is 10.6. The lowest BCUT2D eigenvalue weighted by Crippen LogP contribution is -2.44. The number of carbonyl (C=O) groups excluding carboxylic acids is 1. The minimum Gasteiger partial charge on any atom is -0.756 e. The first-order chi connectivity index (χ1) is 15.7. The van der Waals surface area contributed by atoms with Crippen LogP contribution < -0.4 is 21.0 Å². The van der Waals surface area contributed by atoms with E-state index in [4.69, 9.17) is 9.47 Å². The lowest BCUT2D eigenvalue weighted by molar-refractivity contribution is -0.262. The summed E-state index contributed by atoms with van der Waals surface area (Å²) in [7, 11) is -11.2. The summed E-state index contributed by atoms with van der Waals surface area (Å²) in [5.41, 5.74) is -1.24. The van der Waals surface area contributed by atoms with E-state index >= 15 is 0 Å². The van der Waals surface area contributed by atoms with Crippen molar-refractivity contribution in [1.82, 2.24) is 9.55 Å². The molecule has 3 rings (SSSR count). The van der Waals surface area contributed by atoms with Crippen LogP contribution in [0.1, 0.15) is 31.6 Å². The highest BCUT2D eigenvalue weighted by Crippen LogP contribution is 2.56. The number of rotatable bonds is 8. The standard InChI is InChI=1S/C16H24N2O14P2/c1-7-5-18(16(23)17-15(7)22)12-3-9(19)11(30-12)6-28-33(24,25)32-34(26,27)31-13-4-10(20)14(21)8(2)29-13/h5,8-13,19-20H,3-4,6H2,1-2H3,(H,24,25)(H,26,27)(H,17,22,23)/p-2/t8-,9+,10+,11-,12-,13-/m1/s1. The number of aliphatic hydroxyl groups is 2. The van der Waals surface area contributed by atoms with Crippen LogP contribution in [-0.4, -0.2) is 62.9 Å². The summed E-state index contributed by atoms with van der Waals surface area (Å²) in [6.45, 7) is 1.80. The summed E-state index contributed by atoms with van der Waals surface area (Å²) in [6, 6.07) is 0. The zero-order valence-electron chi connectivity index (χ0n) is 17.8. The van der Waals surface area contributed by atoms with E-state index in [0.29, 0.717) is 0 Å². The van der Waals surface area contributed by atoms with Crippen molar-refractivity contribution in [2.75, 3.05) is 6.61 Å². The van der Waals surface area contributed by atoms with Gasteiger partial charge >= 0.3 is 5.69 Å². The number of Topliss-reactive ketones (excluding diaryl/α,β-unsaturated/α-hetero) is 1. The minimum absolute atomic E-state index is 0.162. The van der Waals surface area contributed by atoms with Crippen molar-refractivity contribution in [3.05, 3.63) is 32.6 Å². The zero-order chi connectivity index (χ0) is 25.4. The van der Waals surface area contributed by atoms with Gasteiger partial charge in [0.25, 0.3) is 21.2 Å². The molecule has 2 saturated heterocycles. The highest BCUT2D eigenvalue weighted by molar-refractivity contribution is 7.59. The van der Waals surface area contributed by atoms with Crippen molar-refractivity contribution in [2.45, 2.75) is 63.6 Å². The molecular formula is C16H22N2O14P2-2. The van der Waals surface area contributed by atoms with Gasteiger partial charge < -0.3 is 34.0 Å². The maximum Gasteiger partial charge on any atom is 0.330 e. The third-order valence-electron chi connectivity index (χ3n) is 5.00. The lowest BCUT2D eigenvalue weighted by atomic mass is 10.1. The minimum atomic E-state index is -5.59. The molecule has 18 heteroatoms. The first kappa shape index (κ1) is 27.0. The summed E-state index contributed by atoms with van der Waals surface area (Å²) in [5, 5.41) is 19.7. The summed E-state index contributed by atoms with van der Waals surface area (Å²) >= 11 is 0. The van der Waals surface area contributed by atoms with Gasteiger partial charge in [0.1, 0.15) is 24.5 Å². The predicted octanol–water partition coefficient (Wildman–Crippen LogP) is -2.46. The van der Waals surface area contributed by atoms with Crippen LogP contribution in [0.4, 0.5) is 0 Å². The zero-order valence-corrected chi connectivity index (χ0v) is 19.6. The van der Waals surface area contributed by atoms with Gasteiger partial charge in [0.2, 0.25) is 0 Å². The molecule has 1 aromatic heterocycles. The Hall–Kier alpha value is -1.55. The number of phosphoric acid groups is 2. The molecule has 0 radical (unpaired) electrons. The van der Waals surface area contributed by atoms with Crippen LogP contribution in [0.25, 0.3) is 0 Å². The number of aliphatic hydroxyl groups excluding tert-OH is 2. The first-order valence-electron chi connectivity index (χ1n) is 9.86. The largest absolute Gasteiger partial charge is 0.756 e. The third kappa shape index (κ3) is 6.56. The van der Waals surface area contributed by atoms with Gasteiger partial charge in [-0.25, -0.2) is 9.11 Å². The van der Waals surface area contributed by atoms with E-state index in [1.54, 1.807) is 0 Å². The van der Waals surface area contributed by atoms with Crippen LogP contribution in [0.15, 0.2) is 15.8 Å². The third-order valence-corrected chi connectivity index (χ3v) is 7.56. The number of nitrogens with zero attached hydrogens (tertiary/aromatic N) is 1. The van der Waals surface area contributed by atoms with E-state index in [1.165, 1.54) is 20.0 Å². The Morgan fingerprint density at radius 2 is 1.85 bits per heavy atom. The highest BCUT2D eigenvalue weighted by atomic mass is 31.3. The van der Waals surface area contributed by atoms with Crippen molar-refractivity contribution in [3.63, 3.8) is 0 Å². The molecule has 2 fully saturated rings. The number of carbonyl (C=O) groups is 1. The quantitative estimate of drug-likeness (QED) is 0.297. The van der Waals surface area contributed by atoms with Gasteiger partial charge in [-0.2, -0.15) is 0 Å². The average Bonchev–Trinajstić information content (AvgIpc) is 3.06. The van der Waals surface area contributed by atoms with Gasteiger partial charge in [0.05, 0.1) is 12.7 Å². The molecule has 3 N–H and O–H groups in total. The van der Waals surface area contributed by atoms with E-state index in [1.807, 2.05) is 0 Å². The number of aromatic nitrogens is 2. The molecular weight excluding hydrogens is 506 g/mol. The number of aromatic amines is 1. The molecule has 192 valence electrons. The normalized spacial score (nSPS) is 33.4. The maximum absolute atomic E-state index is 12.0. The molecule has 0 bridgehead atoms. The van der Waals surface area contributed by atoms with Gasteiger partial charge in [-0.05, 0) is 13.8 Å². The maximum atomic E-state index is 12.0. The smallest absolute Gasteiger partial charge is 0.330 e. The SMILES string of the molecule is Cc1cn([C@H]2C[C@H](O)[C@@H](COP(=O)([O-])OP(=O)([O-])O[C@@H]3C[C@H](O)C(=O)[C@@H](C)O3)O2)c(=O)[nH]c1=O. The van der Waals surface area contributed by atoms with E-state index in [2.05, 4.69) is 18.3 Å². The van der Waals surface area contributed by atoms with Crippen molar-refractivity contribution in [3.8, 4) is 0 Å². The number of ketones is 1. The van der Waals surface area contributed by atoms with Crippen LogP contribution >= 0.6 is 15.6 Å². The van der Waals surface area contributed by atoms with Crippen LogP contribution in [0, 0.1) is 6.92 Å². The number of aryl methyl sites for hydroxylation is 1. The number of hydrogen-bond acceptors (Lipinski definition) is 14. The Morgan fingerprint density at radius 3 is 2.50 bits per heavy atom. The number of phosphoric ester groups is 2. The van der Waals surface area contributed by atoms with Crippen LogP contribution in [-0.2, 0) is 36.8 Å². The predicted molar refractivity (Wildman–Crippen MR) is 104 cm³/mol. The van der Waals surface area contributed by atoms with Crippen molar-refractivity contribution >= 4 is 21.4 Å². The summed E-state index contributed by atoms with van der Waals surface area (Å²) in [6.07, 6.45) is -7.65. The molecule has 2 unspecified atom stereocenters. The molecule has 0 aliphatic carbocycles. The molecule has 8 atom stereocenters. The number of H-pyrrole nitrogens is 1.